The lowest BCUT2D eigenvalue weighted by Gasteiger charge is -2.05. The SMILES string of the molecule is CCS(=O)CCNCc1ccc2cnccc2c1. The Hall–Kier alpha value is -1.26. The fourth-order valence-electron chi connectivity index (χ4n) is 1.81. The van der Waals surface area contributed by atoms with Crippen molar-refractivity contribution in [2.24, 2.45) is 0 Å². The van der Waals surface area contributed by atoms with E-state index in [1.807, 2.05) is 25.4 Å². The second-order valence-corrected chi connectivity index (χ2v) is 6.03. The molecule has 1 unspecified atom stereocenters. The molecule has 18 heavy (non-hydrogen) atoms. The summed E-state index contributed by atoms with van der Waals surface area (Å²) in [6, 6.07) is 8.38. The zero-order valence-corrected chi connectivity index (χ0v) is 11.4. The molecule has 1 aromatic heterocycles. The first kappa shape index (κ1) is 13.2. The topological polar surface area (TPSA) is 42.0 Å². The van der Waals surface area contributed by atoms with E-state index in [-0.39, 0.29) is 0 Å². The van der Waals surface area contributed by atoms with Gasteiger partial charge >= 0.3 is 0 Å². The van der Waals surface area contributed by atoms with E-state index >= 15 is 0 Å². The molecule has 3 nitrogen and oxygen atoms in total. The summed E-state index contributed by atoms with van der Waals surface area (Å²) in [5.41, 5.74) is 1.25. The van der Waals surface area contributed by atoms with Gasteiger partial charge in [0.15, 0.2) is 0 Å². The van der Waals surface area contributed by atoms with Gasteiger partial charge in [-0.3, -0.25) is 9.19 Å². The molecule has 1 N–H and O–H groups in total. The largest absolute Gasteiger partial charge is 0.312 e. The van der Waals surface area contributed by atoms with Gasteiger partial charge in [-0.05, 0) is 23.1 Å². The Morgan fingerprint density at radius 3 is 3.00 bits per heavy atom. The van der Waals surface area contributed by atoms with Gasteiger partial charge in [-0.1, -0.05) is 19.1 Å². The lowest BCUT2D eigenvalue weighted by Crippen LogP contribution is -2.20. The quantitative estimate of drug-likeness (QED) is 0.811. The standard InChI is InChI=1S/C14H18N2OS/c1-2-18(17)8-7-16-10-12-3-4-14-11-15-6-5-13(14)9-12/h3-6,9,11,16H,2,7-8,10H2,1H3. The number of benzene rings is 1. The maximum absolute atomic E-state index is 11.3. The molecule has 96 valence electrons. The molecule has 2 aromatic rings. The van der Waals surface area contributed by atoms with Crippen molar-refractivity contribution < 1.29 is 4.21 Å². The van der Waals surface area contributed by atoms with Gasteiger partial charge in [0.2, 0.25) is 0 Å². The van der Waals surface area contributed by atoms with Crippen LogP contribution in [0, 0.1) is 0 Å². The lowest BCUT2D eigenvalue weighted by atomic mass is 10.1. The van der Waals surface area contributed by atoms with Gasteiger partial charge in [-0.15, -0.1) is 0 Å². The third kappa shape index (κ3) is 3.62. The minimum Gasteiger partial charge on any atom is -0.312 e. The van der Waals surface area contributed by atoms with E-state index in [1.54, 1.807) is 0 Å². The maximum atomic E-state index is 11.3. The number of rotatable bonds is 6. The smallest absolute Gasteiger partial charge is 0.0360 e. The van der Waals surface area contributed by atoms with Crippen molar-refractivity contribution in [2.75, 3.05) is 18.1 Å². The number of pyridine rings is 1. The van der Waals surface area contributed by atoms with Crippen molar-refractivity contribution in [2.45, 2.75) is 13.5 Å². The van der Waals surface area contributed by atoms with Gasteiger partial charge in [0.25, 0.3) is 0 Å². The number of aromatic nitrogens is 1. The second kappa shape index (κ2) is 6.61. The van der Waals surface area contributed by atoms with E-state index in [4.69, 9.17) is 0 Å². The van der Waals surface area contributed by atoms with Crippen molar-refractivity contribution in [3.8, 4) is 0 Å². The van der Waals surface area contributed by atoms with Crippen LogP contribution in [0.25, 0.3) is 10.8 Å². The highest BCUT2D eigenvalue weighted by Gasteiger charge is 1.98. The van der Waals surface area contributed by atoms with E-state index in [9.17, 15) is 4.21 Å². The summed E-state index contributed by atoms with van der Waals surface area (Å²) in [5.74, 6) is 1.47. The molecule has 0 aliphatic carbocycles. The van der Waals surface area contributed by atoms with E-state index in [0.717, 1.165) is 30.0 Å². The van der Waals surface area contributed by atoms with Crippen molar-refractivity contribution >= 4 is 21.6 Å². The zero-order valence-electron chi connectivity index (χ0n) is 10.6. The lowest BCUT2D eigenvalue weighted by molar-refractivity contribution is 0.674. The first-order valence-corrected chi connectivity index (χ1v) is 7.66. The maximum Gasteiger partial charge on any atom is 0.0360 e. The van der Waals surface area contributed by atoms with Crippen LogP contribution in [-0.4, -0.2) is 27.2 Å². The van der Waals surface area contributed by atoms with Gasteiger partial charge in [0.05, 0.1) is 0 Å². The molecule has 1 atom stereocenters. The molecular formula is C14H18N2OS. The molecule has 1 aromatic carbocycles. The highest BCUT2D eigenvalue weighted by atomic mass is 32.2. The molecule has 0 radical (unpaired) electrons. The third-order valence-corrected chi connectivity index (χ3v) is 4.17. The van der Waals surface area contributed by atoms with Gasteiger partial charge in [0.1, 0.15) is 0 Å². The average Bonchev–Trinajstić information content (AvgIpc) is 2.43. The Bertz CT molecular complexity index is 542. The number of hydrogen-bond donors (Lipinski definition) is 1. The van der Waals surface area contributed by atoms with Gasteiger partial charge < -0.3 is 5.32 Å². The van der Waals surface area contributed by atoms with Crippen molar-refractivity contribution in [1.29, 1.82) is 0 Å². The molecule has 2 rings (SSSR count). The minimum absolute atomic E-state index is 0.678. The molecule has 0 fully saturated rings. The Labute approximate surface area is 110 Å². The molecule has 0 spiro atoms. The Morgan fingerprint density at radius 2 is 2.17 bits per heavy atom. The van der Waals surface area contributed by atoms with Crippen LogP contribution in [0.3, 0.4) is 0 Å². The summed E-state index contributed by atoms with van der Waals surface area (Å²) >= 11 is 0. The second-order valence-electron chi connectivity index (χ2n) is 4.17. The van der Waals surface area contributed by atoms with Crippen LogP contribution in [0.15, 0.2) is 36.7 Å². The monoisotopic (exact) mass is 262 g/mol. The molecule has 4 heteroatoms. The Morgan fingerprint density at radius 1 is 1.28 bits per heavy atom. The number of nitrogens with one attached hydrogen (secondary N) is 1. The van der Waals surface area contributed by atoms with E-state index < -0.39 is 10.8 Å². The van der Waals surface area contributed by atoms with Crippen LogP contribution in [0.5, 0.6) is 0 Å². The normalized spacial score (nSPS) is 12.7. The van der Waals surface area contributed by atoms with Crippen LogP contribution in [0.2, 0.25) is 0 Å². The van der Waals surface area contributed by atoms with Crippen LogP contribution in [0.1, 0.15) is 12.5 Å². The van der Waals surface area contributed by atoms with Crippen LogP contribution in [-0.2, 0) is 17.3 Å². The summed E-state index contributed by atoms with van der Waals surface area (Å²) in [4.78, 5) is 4.10. The predicted molar refractivity (Wildman–Crippen MR) is 77.0 cm³/mol. The summed E-state index contributed by atoms with van der Waals surface area (Å²) in [6.07, 6.45) is 3.68. The minimum atomic E-state index is -0.678. The number of hydrogen-bond acceptors (Lipinski definition) is 3. The highest BCUT2D eigenvalue weighted by molar-refractivity contribution is 7.84. The summed E-state index contributed by atoms with van der Waals surface area (Å²) in [5, 5.41) is 5.69. The summed E-state index contributed by atoms with van der Waals surface area (Å²) in [6.45, 7) is 3.57. The number of nitrogens with zero attached hydrogens (tertiary/aromatic N) is 1. The predicted octanol–water partition coefficient (Wildman–Crippen LogP) is 2.09. The first-order valence-electron chi connectivity index (χ1n) is 6.18. The fourth-order valence-corrected chi connectivity index (χ4v) is 2.47. The summed E-state index contributed by atoms with van der Waals surface area (Å²) in [7, 11) is -0.678. The van der Waals surface area contributed by atoms with Crippen LogP contribution in [0.4, 0.5) is 0 Å². The zero-order chi connectivity index (χ0) is 12.8. The van der Waals surface area contributed by atoms with E-state index in [2.05, 4.69) is 28.5 Å². The van der Waals surface area contributed by atoms with E-state index in [0.29, 0.717) is 0 Å². The van der Waals surface area contributed by atoms with Crippen molar-refractivity contribution in [3.05, 3.63) is 42.2 Å². The third-order valence-electron chi connectivity index (χ3n) is 2.86. The van der Waals surface area contributed by atoms with Gasteiger partial charge in [-0.2, -0.15) is 0 Å². The molecule has 0 aliphatic rings. The fraction of sp³-hybridized carbons (Fsp3) is 0.357. The van der Waals surface area contributed by atoms with Crippen LogP contribution >= 0.6 is 0 Å². The van der Waals surface area contributed by atoms with E-state index in [1.165, 1.54) is 10.9 Å². The molecule has 0 saturated heterocycles. The molecule has 1 heterocycles. The Kier molecular flexibility index (Phi) is 4.84. The first-order chi connectivity index (χ1) is 8.79. The highest BCUT2D eigenvalue weighted by Crippen LogP contribution is 2.14. The van der Waals surface area contributed by atoms with Gasteiger partial charge in [-0.25, -0.2) is 0 Å². The Balaban J connectivity index is 1.90. The van der Waals surface area contributed by atoms with Crippen molar-refractivity contribution in [3.63, 3.8) is 0 Å². The average molecular weight is 262 g/mol. The van der Waals surface area contributed by atoms with Gasteiger partial charge in [0, 0.05) is 53.2 Å². The molecular weight excluding hydrogens is 244 g/mol. The molecule has 0 bridgehead atoms. The molecule has 0 saturated carbocycles. The molecule has 0 amide bonds. The summed E-state index contributed by atoms with van der Waals surface area (Å²) < 4.78 is 11.3. The molecule has 0 aliphatic heterocycles. The number of fused-ring (bicyclic) bond motifs is 1. The van der Waals surface area contributed by atoms with Crippen molar-refractivity contribution in [1.82, 2.24) is 10.3 Å². The van der Waals surface area contributed by atoms with Crippen LogP contribution < -0.4 is 5.32 Å².